The molecule has 0 unspecified atom stereocenters. The summed E-state index contributed by atoms with van der Waals surface area (Å²) in [6.45, 7) is 0.155. The molecule has 0 saturated carbocycles. The molecule has 1 heterocycles. The Morgan fingerprint density at radius 1 is 1.19 bits per heavy atom. The lowest BCUT2D eigenvalue weighted by atomic mass is 10.2. The number of aromatic nitrogens is 3. The van der Waals surface area contributed by atoms with Gasteiger partial charge in [-0.25, -0.2) is 9.07 Å². The fourth-order valence-corrected chi connectivity index (χ4v) is 3.40. The largest absolute Gasteiger partial charge is 0.497 e. The number of methoxy groups -OCH3 is 1. The third-order valence-corrected chi connectivity index (χ3v) is 4.99. The quantitative estimate of drug-likeness (QED) is 0.446. The van der Waals surface area contributed by atoms with E-state index in [4.69, 9.17) is 15.3 Å². The molecule has 0 radical (unpaired) electrons. The Bertz CT molecular complexity index is 906. The van der Waals surface area contributed by atoms with E-state index in [-0.39, 0.29) is 12.4 Å². The highest BCUT2D eigenvalue weighted by atomic mass is 79.9. The normalized spacial score (nSPS) is 10.7. The molecule has 0 aliphatic rings. The number of hydrogen-bond acceptors (Lipinski definition) is 6. The van der Waals surface area contributed by atoms with Gasteiger partial charge in [0, 0.05) is 16.3 Å². The van der Waals surface area contributed by atoms with Crippen molar-refractivity contribution in [1.82, 2.24) is 14.9 Å². The maximum atomic E-state index is 13.8. The molecule has 6 nitrogen and oxygen atoms in total. The van der Waals surface area contributed by atoms with Gasteiger partial charge in [0.1, 0.15) is 23.9 Å². The minimum Gasteiger partial charge on any atom is -0.497 e. The van der Waals surface area contributed by atoms with Crippen LogP contribution in [0.2, 0.25) is 0 Å². The van der Waals surface area contributed by atoms with Crippen LogP contribution < -0.4 is 15.3 Å². The topological polar surface area (TPSA) is 75.2 Å². The van der Waals surface area contributed by atoms with Crippen molar-refractivity contribution in [3.63, 3.8) is 0 Å². The number of nitrogen functional groups attached to an aromatic ring is 1. The van der Waals surface area contributed by atoms with Crippen molar-refractivity contribution in [3.05, 3.63) is 64.1 Å². The SMILES string of the molecule is COc1cccc(OCc2nnc(SCc3cc(Br)ccc3F)n2N)c1. The lowest BCUT2D eigenvalue weighted by Gasteiger charge is -2.08. The van der Waals surface area contributed by atoms with E-state index in [0.717, 1.165) is 4.47 Å². The number of nitrogens with two attached hydrogens (primary N) is 1. The van der Waals surface area contributed by atoms with Gasteiger partial charge in [0.15, 0.2) is 5.82 Å². The molecular weight excluding hydrogens is 423 g/mol. The van der Waals surface area contributed by atoms with Gasteiger partial charge >= 0.3 is 0 Å². The lowest BCUT2D eigenvalue weighted by Crippen LogP contribution is -2.15. The van der Waals surface area contributed by atoms with E-state index in [1.807, 2.05) is 18.2 Å². The number of halogens is 2. The summed E-state index contributed by atoms with van der Waals surface area (Å²) < 4.78 is 26.8. The first-order valence-electron chi connectivity index (χ1n) is 7.60. The molecule has 136 valence electrons. The fraction of sp³-hybridized carbons (Fsp3) is 0.176. The zero-order chi connectivity index (χ0) is 18.5. The van der Waals surface area contributed by atoms with Gasteiger partial charge in [-0.1, -0.05) is 33.8 Å². The van der Waals surface area contributed by atoms with E-state index in [0.29, 0.717) is 33.8 Å². The van der Waals surface area contributed by atoms with Gasteiger partial charge in [-0.3, -0.25) is 0 Å². The predicted octanol–water partition coefficient (Wildman–Crippen LogP) is 3.77. The van der Waals surface area contributed by atoms with Crippen LogP contribution in [0.1, 0.15) is 11.4 Å². The van der Waals surface area contributed by atoms with E-state index in [9.17, 15) is 4.39 Å². The highest BCUT2D eigenvalue weighted by Crippen LogP contribution is 2.25. The number of rotatable bonds is 7. The number of nitrogens with zero attached hydrogens (tertiary/aromatic N) is 3. The van der Waals surface area contributed by atoms with Gasteiger partial charge in [0.05, 0.1) is 7.11 Å². The number of thioether (sulfide) groups is 1. The first-order chi connectivity index (χ1) is 12.6. The second-order valence-electron chi connectivity index (χ2n) is 5.26. The van der Waals surface area contributed by atoms with Crippen molar-refractivity contribution in [2.24, 2.45) is 0 Å². The Morgan fingerprint density at radius 3 is 2.81 bits per heavy atom. The average Bonchev–Trinajstić information content (AvgIpc) is 3.00. The number of benzene rings is 2. The van der Waals surface area contributed by atoms with Crippen LogP contribution in [0.3, 0.4) is 0 Å². The Balaban J connectivity index is 1.63. The molecule has 0 spiro atoms. The summed E-state index contributed by atoms with van der Waals surface area (Å²) in [5, 5.41) is 8.55. The summed E-state index contributed by atoms with van der Waals surface area (Å²) in [6, 6.07) is 12.0. The molecule has 0 atom stereocenters. The predicted molar refractivity (Wildman–Crippen MR) is 101 cm³/mol. The van der Waals surface area contributed by atoms with Crippen LogP contribution in [0.4, 0.5) is 4.39 Å². The third-order valence-electron chi connectivity index (χ3n) is 3.51. The maximum absolute atomic E-state index is 13.8. The first kappa shape index (κ1) is 18.5. The summed E-state index contributed by atoms with van der Waals surface area (Å²) >= 11 is 4.63. The van der Waals surface area contributed by atoms with E-state index >= 15 is 0 Å². The molecule has 0 aliphatic carbocycles. The van der Waals surface area contributed by atoms with Gasteiger partial charge in [0.25, 0.3) is 0 Å². The molecule has 2 aromatic carbocycles. The van der Waals surface area contributed by atoms with E-state index in [2.05, 4.69) is 26.1 Å². The monoisotopic (exact) mass is 438 g/mol. The molecule has 0 saturated heterocycles. The van der Waals surface area contributed by atoms with Gasteiger partial charge in [-0.05, 0) is 35.9 Å². The van der Waals surface area contributed by atoms with Crippen LogP contribution in [-0.4, -0.2) is 22.0 Å². The Hall–Kier alpha value is -2.26. The van der Waals surface area contributed by atoms with Crippen molar-refractivity contribution in [3.8, 4) is 11.5 Å². The average molecular weight is 439 g/mol. The van der Waals surface area contributed by atoms with Crippen molar-refractivity contribution in [2.75, 3.05) is 13.0 Å². The second kappa shape index (κ2) is 8.41. The van der Waals surface area contributed by atoms with Crippen LogP contribution in [0.5, 0.6) is 11.5 Å². The fourth-order valence-electron chi connectivity index (χ4n) is 2.14. The molecule has 2 N–H and O–H groups in total. The van der Waals surface area contributed by atoms with Crippen LogP contribution >= 0.6 is 27.7 Å². The van der Waals surface area contributed by atoms with Crippen LogP contribution in [0, 0.1) is 5.82 Å². The molecule has 9 heteroatoms. The number of ether oxygens (including phenoxy) is 2. The van der Waals surface area contributed by atoms with Crippen molar-refractivity contribution < 1.29 is 13.9 Å². The van der Waals surface area contributed by atoms with E-state index in [1.54, 1.807) is 25.3 Å². The Morgan fingerprint density at radius 2 is 2.00 bits per heavy atom. The summed E-state index contributed by atoms with van der Waals surface area (Å²) in [5.74, 6) is 7.93. The van der Waals surface area contributed by atoms with Crippen LogP contribution in [0.15, 0.2) is 52.1 Å². The summed E-state index contributed by atoms with van der Waals surface area (Å²) in [4.78, 5) is 0. The summed E-state index contributed by atoms with van der Waals surface area (Å²) in [6.07, 6.45) is 0. The highest BCUT2D eigenvalue weighted by Gasteiger charge is 2.13. The summed E-state index contributed by atoms with van der Waals surface area (Å²) in [5.41, 5.74) is 0.557. The zero-order valence-electron chi connectivity index (χ0n) is 13.9. The smallest absolute Gasteiger partial charge is 0.210 e. The minimum atomic E-state index is -0.273. The number of hydrogen-bond donors (Lipinski definition) is 1. The lowest BCUT2D eigenvalue weighted by molar-refractivity contribution is 0.289. The molecule has 26 heavy (non-hydrogen) atoms. The minimum absolute atomic E-state index is 0.155. The molecule has 0 aliphatic heterocycles. The first-order valence-corrected chi connectivity index (χ1v) is 9.37. The van der Waals surface area contributed by atoms with Crippen LogP contribution in [-0.2, 0) is 12.4 Å². The van der Waals surface area contributed by atoms with Crippen molar-refractivity contribution in [2.45, 2.75) is 17.5 Å². The van der Waals surface area contributed by atoms with Gasteiger partial charge in [-0.15, -0.1) is 10.2 Å². The van der Waals surface area contributed by atoms with E-state index in [1.165, 1.54) is 22.5 Å². The molecule has 0 amide bonds. The molecule has 3 aromatic rings. The van der Waals surface area contributed by atoms with Crippen molar-refractivity contribution in [1.29, 1.82) is 0 Å². The summed E-state index contributed by atoms with van der Waals surface area (Å²) in [7, 11) is 1.59. The maximum Gasteiger partial charge on any atom is 0.210 e. The Kier molecular flexibility index (Phi) is 6.00. The van der Waals surface area contributed by atoms with Crippen molar-refractivity contribution >= 4 is 27.7 Å². The molecule has 0 fully saturated rings. The second-order valence-corrected chi connectivity index (χ2v) is 7.12. The van der Waals surface area contributed by atoms with E-state index < -0.39 is 0 Å². The molecular formula is C17H16BrFN4O2S. The van der Waals surface area contributed by atoms with Crippen LogP contribution in [0.25, 0.3) is 0 Å². The standard InChI is InChI=1S/C17H16BrFN4O2S/c1-24-13-3-2-4-14(8-13)25-9-16-21-22-17(23(16)20)26-10-11-7-12(18)5-6-15(11)19/h2-8H,9-10,20H2,1H3. The Labute approximate surface area is 162 Å². The van der Waals surface area contributed by atoms with Gasteiger partial charge in [0.2, 0.25) is 5.16 Å². The van der Waals surface area contributed by atoms with Gasteiger partial charge < -0.3 is 15.3 Å². The molecule has 1 aromatic heterocycles. The zero-order valence-corrected chi connectivity index (χ0v) is 16.3. The molecule has 0 bridgehead atoms. The molecule has 3 rings (SSSR count). The third kappa shape index (κ3) is 4.47. The van der Waals surface area contributed by atoms with Gasteiger partial charge in [-0.2, -0.15) is 0 Å². The highest BCUT2D eigenvalue weighted by molar-refractivity contribution is 9.10.